The number of hydrogen-bond donors (Lipinski definition) is 0. The monoisotopic (exact) mass is 255 g/mol. The molecule has 0 aromatic carbocycles. The number of ether oxygens (including phenoxy) is 2. The Balaban J connectivity index is 2.06. The van der Waals surface area contributed by atoms with E-state index in [4.69, 9.17) is 9.47 Å². The average molecular weight is 255 g/mol. The fourth-order valence-electron chi connectivity index (χ4n) is 3.23. The number of fused-ring (bicyclic) bond motifs is 1. The van der Waals surface area contributed by atoms with Crippen molar-refractivity contribution < 1.29 is 14.3 Å². The summed E-state index contributed by atoms with van der Waals surface area (Å²) < 4.78 is 11.0. The first-order valence-electron chi connectivity index (χ1n) is 6.95. The number of carbonyl (C=O) groups is 1. The number of carbonyl (C=O) groups excluding carboxylic acids is 1. The van der Waals surface area contributed by atoms with Gasteiger partial charge in [-0.05, 0) is 39.5 Å². The van der Waals surface area contributed by atoms with E-state index in [1.807, 2.05) is 20.8 Å². The van der Waals surface area contributed by atoms with Gasteiger partial charge in [0.2, 0.25) is 0 Å². The van der Waals surface area contributed by atoms with Crippen LogP contribution in [0.2, 0.25) is 0 Å². The molecule has 0 bridgehead atoms. The summed E-state index contributed by atoms with van der Waals surface area (Å²) in [6.45, 7) is 6.49. The summed E-state index contributed by atoms with van der Waals surface area (Å²) in [5.41, 5.74) is -0.441. The van der Waals surface area contributed by atoms with E-state index in [2.05, 4.69) is 0 Å². The van der Waals surface area contributed by atoms with Crippen molar-refractivity contribution >= 4 is 6.09 Å². The minimum absolute atomic E-state index is 0.0925. The molecule has 1 saturated heterocycles. The zero-order chi connectivity index (χ0) is 13.3. The van der Waals surface area contributed by atoms with Crippen molar-refractivity contribution in [2.24, 2.45) is 11.8 Å². The van der Waals surface area contributed by atoms with E-state index in [-0.39, 0.29) is 12.3 Å². The van der Waals surface area contributed by atoms with Gasteiger partial charge in [0.05, 0.1) is 0 Å². The number of hydrogen-bond acceptors (Lipinski definition) is 3. The van der Waals surface area contributed by atoms with Gasteiger partial charge < -0.3 is 9.47 Å². The number of nitrogens with zero attached hydrogens (tertiary/aromatic N) is 1. The quantitative estimate of drug-likeness (QED) is 0.723. The predicted octanol–water partition coefficient (Wildman–Crippen LogP) is 3.02. The van der Waals surface area contributed by atoms with Gasteiger partial charge in [-0.25, -0.2) is 4.79 Å². The normalized spacial score (nSPS) is 32.2. The molecule has 1 unspecified atom stereocenters. The van der Waals surface area contributed by atoms with Crippen LogP contribution >= 0.6 is 0 Å². The molecular weight excluding hydrogens is 230 g/mol. The Morgan fingerprint density at radius 2 is 1.89 bits per heavy atom. The third-order valence-corrected chi connectivity index (χ3v) is 3.94. The Labute approximate surface area is 110 Å². The standard InChI is InChI=1S/C14H25NO3/c1-14(2,3)18-13(16)15-9-10-7-5-6-8-11(10)12(15)17-4/h10-12H,5-9H2,1-4H3/t10-,11-,12?/m0/s1. The van der Waals surface area contributed by atoms with Crippen molar-refractivity contribution in [1.82, 2.24) is 4.90 Å². The van der Waals surface area contributed by atoms with Gasteiger partial charge >= 0.3 is 6.09 Å². The second kappa shape index (κ2) is 5.08. The van der Waals surface area contributed by atoms with E-state index in [9.17, 15) is 4.79 Å². The summed E-state index contributed by atoms with van der Waals surface area (Å²) in [6, 6.07) is 0. The molecule has 1 aliphatic carbocycles. The molecule has 0 spiro atoms. The molecule has 1 heterocycles. The number of amides is 1. The topological polar surface area (TPSA) is 38.8 Å². The van der Waals surface area contributed by atoms with Gasteiger partial charge in [0.15, 0.2) is 0 Å². The van der Waals surface area contributed by atoms with Crippen LogP contribution < -0.4 is 0 Å². The Kier molecular flexibility index (Phi) is 3.85. The van der Waals surface area contributed by atoms with Crippen LogP contribution in [0, 0.1) is 11.8 Å². The molecule has 1 amide bonds. The largest absolute Gasteiger partial charge is 0.444 e. The van der Waals surface area contributed by atoms with Gasteiger partial charge in [-0.15, -0.1) is 0 Å². The smallest absolute Gasteiger partial charge is 0.412 e. The molecule has 104 valence electrons. The Hall–Kier alpha value is -0.770. The van der Waals surface area contributed by atoms with E-state index in [0.717, 1.165) is 6.54 Å². The molecule has 4 nitrogen and oxygen atoms in total. The minimum atomic E-state index is -0.441. The highest BCUT2D eigenvalue weighted by atomic mass is 16.6. The number of likely N-dealkylation sites (tertiary alicyclic amines) is 1. The van der Waals surface area contributed by atoms with Gasteiger partial charge in [0.1, 0.15) is 11.8 Å². The van der Waals surface area contributed by atoms with Gasteiger partial charge in [0.25, 0.3) is 0 Å². The van der Waals surface area contributed by atoms with Crippen LogP contribution in [0.4, 0.5) is 4.79 Å². The summed E-state index contributed by atoms with van der Waals surface area (Å²) in [5, 5.41) is 0. The molecule has 1 saturated carbocycles. The average Bonchev–Trinajstić information content (AvgIpc) is 2.65. The van der Waals surface area contributed by atoms with E-state index in [0.29, 0.717) is 11.8 Å². The molecule has 0 aromatic heterocycles. The second-order valence-corrected chi connectivity index (χ2v) is 6.47. The van der Waals surface area contributed by atoms with Crippen molar-refractivity contribution in [2.75, 3.05) is 13.7 Å². The second-order valence-electron chi connectivity index (χ2n) is 6.47. The molecule has 2 aliphatic rings. The van der Waals surface area contributed by atoms with Gasteiger partial charge in [-0.1, -0.05) is 12.8 Å². The Morgan fingerprint density at radius 3 is 2.50 bits per heavy atom. The lowest BCUT2D eigenvalue weighted by atomic mass is 9.81. The van der Waals surface area contributed by atoms with Crippen LogP contribution in [-0.2, 0) is 9.47 Å². The van der Waals surface area contributed by atoms with Crippen molar-refractivity contribution in [1.29, 1.82) is 0 Å². The molecule has 2 rings (SSSR count). The lowest BCUT2D eigenvalue weighted by Gasteiger charge is -2.30. The van der Waals surface area contributed by atoms with Crippen LogP contribution in [0.3, 0.4) is 0 Å². The maximum Gasteiger partial charge on any atom is 0.412 e. The maximum atomic E-state index is 12.2. The summed E-state index contributed by atoms with van der Waals surface area (Å²) in [7, 11) is 1.69. The lowest BCUT2D eigenvalue weighted by molar-refractivity contribution is -0.0502. The third kappa shape index (κ3) is 2.79. The first kappa shape index (κ1) is 13.7. The highest BCUT2D eigenvalue weighted by Gasteiger charge is 2.46. The number of methoxy groups -OCH3 is 1. The molecule has 18 heavy (non-hydrogen) atoms. The SMILES string of the molecule is COC1[C@H]2CCCC[C@H]2CN1C(=O)OC(C)(C)C. The molecule has 0 aromatic rings. The maximum absolute atomic E-state index is 12.2. The van der Waals surface area contributed by atoms with Crippen LogP contribution in [-0.4, -0.2) is 36.5 Å². The molecule has 0 N–H and O–H groups in total. The van der Waals surface area contributed by atoms with Crippen molar-refractivity contribution in [3.63, 3.8) is 0 Å². The highest BCUT2D eigenvalue weighted by Crippen LogP contribution is 2.41. The molecule has 1 aliphatic heterocycles. The molecular formula is C14H25NO3. The fraction of sp³-hybridized carbons (Fsp3) is 0.929. The van der Waals surface area contributed by atoms with Crippen LogP contribution in [0.25, 0.3) is 0 Å². The minimum Gasteiger partial charge on any atom is -0.444 e. The van der Waals surface area contributed by atoms with Crippen molar-refractivity contribution in [3.05, 3.63) is 0 Å². The summed E-state index contributed by atoms with van der Waals surface area (Å²) in [4.78, 5) is 14.0. The van der Waals surface area contributed by atoms with Gasteiger partial charge in [-0.2, -0.15) is 0 Å². The predicted molar refractivity (Wildman–Crippen MR) is 69.2 cm³/mol. The molecule has 3 atom stereocenters. The Bertz CT molecular complexity index is 311. The summed E-state index contributed by atoms with van der Waals surface area (Å²) in [5.74, 6) is 1.09. The number of rotatable bonds is 1. The van der Waals surface area contributed by atoms with E-state index >= 15 is 0 Å². The molecule has 2 fully saturated rings. The zero-order valence-electron chi connectivity index (χ0n) is 11.9. The first-order valence-corrected chi connectivity index (χ1v) is 6.95. The molecule has 4 heteroatoms. The third-order valence-electron chi connectivity index (χ3n) is 3.94. The van der Waals surface area contributed by atoms with Crippen LogP contribution in [0.1, 0.15) is 46.5 Å². The van der Waals surface area contributed by atoms with Crippen LogP contribution in [0.5, 0.6) is 0 Å². The molecule has 0 radical (unpaired) electrons. The zero-order valence-corrected chi connectivity index (χ0v) is 11.9. The Morgan fingerprint density at radius 1 is 1.22 bits per heavy atom. The summed E-state index contributed by atoms with van der Waals surface area (Å²) in [6.07, 6.45) is 4.59. The van der Waals surface area contributed by atoms with E-state index in [1.54, 1.807) is 12.0 Å². The van der Waals surface area contributed by atoms with Crippen molar-refractivity contribution in [2.45, 2.75) is 58.3 Å². The van der Waals surface area contributed by atoms with Gasteiger partial charge in [0, 0.05) is 19.6 Å². The lowest BCUT2D eigenvalue weighted by Crippen LogP contribution is -2.42. The van der Waals surface area contributed by atoms with Gasteiger partial charge in [-0.3, -0.25) is 4.90 Å². The van der Waals surface area contributed by atoms with Crippen molar-refractivity contribution in [3.8, 4) is 0 Å². The first-order chi connectivity index (χ1) is 8.42. The van der Waals surface area contributed by atoms with E-state index < -0.39 is 5.60 Å². The summed E-state index contributed by atoms with van der Waals surface area (Å²) >= 11 is 0. The fourth-order valence-corrected chi connectivity index (χ4v) is 3.23. The highest BCUT2D eigenvalue weighted by molar-refractivity contribution is 5.68. The van der Waals surface area contributed by atoms with E-state index in [1.165, 1.54) is 25.7 Å². The van der Waals surface area contributed by atoms with Crippen LogP contribution in [0.15, 0.2) is 0 Å².